The number of benzene rings is 2. The molecule has 98 valence electrons. The molecule has 0 atom stereocenters. The van der Waals surface area contributed by atoms with Crippen LogP contribution in [0.4, 0.5) is 20.2 Å². The fourth-order valence-electron chi connectivity index (χ4n) is 1.64. The normalized spacial score (nSPS) is 10.3. The van der Waals surface area contributed by atoms with Gasteiger partial charge in [0, 0.05) is 5.56 Å². The Balaban J connectivity index is 2.28. The lowest BCUT2D eigenvalue weighted by molar-refractivity contribution is 0.102. The van der Waals surface area contributed by atoms with E-state index in [2.05, 4.69) is 5.32 Å². The quantitative estimate of drug-likeness (QED) is 0.817. The van der Waals surface area contributed by atoms with E-state index in [4.69, 9.17) is 5.73 Å². The number of aryl methyl sites for hydroxylation is 1. The number of anilines is 2. The average Bonchev–Trinajstić information content (AvgIpc) is 2.37. The van der Waals surface area contributed by atoms with Crippen molar-refractivity contribution in [2.75, 3.05) is 11.1 Å². The minimum Gasteiger partial charge on any atom is -0.396 e. The highest BCUT2D eigenvalue weighted by Crippen LogP contribution is 2.20. The van der Waals surface area contributed by atoms with Gasteiger partial charge < -0.3 is 11.1 Å². The molecule has 2 aromatic rings. The molecule has 0 heterocycles. The molecular formula is C14H12F2N2O. The van der Waals surface area contributed by atoms with Crippen molar-refractivity contribution in [3.8, 4) is 0 Å². The number of nitrogen functional groups attached to an aromatic ring is 1. The summed E-state index contributed by atoms with van der Waals surface area (Å²) in [5.41, 5.74) is 6.03. The summed E-state index contributed by atoms with van der Waals surface area (Å²) in [5.74, 6) is -1.81. The van der Waals surface area contributed by atoms with Crippen LogP contribution in [0, 0.1) is 18.6 Å². The van der Waals surface area contributed by atoms with Crippen molar-refractivity contribution in [3.63, 3.8) is 0 Å². The fourth-order valence-corrected chi connectivity index (χ4v) is 1.64. The van der Waals surface area contributed by atoms with Gasteiger partial charge in [0.2, 0.25) is 0 Å². The molecule has 0 unspecified atom stereocenters. The number of carbonyl (C=O) groups excluding carboxylic acids is 1. The van der Waals surface area contributed by atoms with Crippen molar-refractivity contribution >= 4 is 17.3 Å². The molecular weight excluding hydrogens is 250 g/mol. The minimum atomic E-state index is -0.682. The molecule has 0 radical (unpaired) electrons. The molecule has 3 nitrogen and oxygen atoms in total. The predicted octanol–water partition coefficient (Wildman–Crippen LogP) is 3.11. The summed E-state index contributed by atoms with van der Waals surface area (Å²) in [6, 6.07) is 8.14. The molecule has 0 aliphatic heterocycles. The summed E-state index contributed by atoms with van der Waals surface area (Å²) in [5, 5.41) is 2.42. The molecule has 0 spiro atoms. The van der Waals surface area contributed by atoms with Gasteiger partial charge >= 0.3 is 0 Å². The molecule has 5 heteroatoms. The van der Waals surface area contributed by atoms with E-state index >= 15 is 0 Å². The van der Waals surface area contributed by atoms with Gasteiger partial charge in [0.25, 0.3) is 5.91 Å². The van der Waals surface area contributed by atoms with Gasteiger partial charge in [0.15, 0.2) is 0 Å². The van der Waals surface area contributed by atoms with Gasteiger partial charge in [-0.25, -0.2) is 8.78 Å². The number of carbonyl (C=O) groups is 1. The van der Waals surface area contributed by atoms with Crippen LogP contribution in [0.2, 0.25) is 0 Å². The molecule has 0 aliphatic rings. The van der Waals surface area contributed by atoms with E-state index in [1.54, 1.807) is 19.1 Å². The summed E-state index contributed by atoms with van der Waals surface area (Å²) < 4.78 is 26.8. The second kappa shape index (κ2) is 5.06. The predicted molar refractivity (Wildman–Crippen MR) is 69.9 cm³/mol. The molecule has 2 aromatic carbocycles. The molecule has 0 saturated carbocycles. The lowest BCUT2D eigenvalue weighted by Gasteiger charge is -2.09. The minimum absolute atomic E-state index is 0.0429. The van der Waals surface area contributed by atoms with E-state index < -0.39 is 17.5 Å². The summed E-state index contributed by atoms with van der Waals surface area (Å²) in [6.07, 6.45) is 0. The topological polar surface area (TPSA) is 55.1 Å². The third kappa shape index (κ3) is 2.70. The second-order valence-corrected chi connectivity index (χ2v) is 4.12. The van der Waals surface area contributed by atoms with Crippen LogP contribution in [0.15, 0.2) is 36.4 Å². The highest BCUT2D eigenvalue weighted by atomic mass is 19.1. The van der Waals surface area contributed by atoms with Crippen LogP contribution in [-0.2, 0) is 0 Å². The van der Waals surface area contributed by atoms with Crippen molar-refractivity contribution in [2.45, 2.75) is 6.92 Å². The first-order chi connectivity index (χ1) is 8.99. The Hall–Kier alpha value is -2.43. The number of hydrogen-bond acceptors (Lipinski definition) is 2. The van der Waals surface area contributed by atoms with E-state index in [0.717, 1.165) is 6.07 Å². The number of nitrogens with one attached hydrogen (secondary N) is 1. The Labute approximate surface area is 109 Å². The maximum Gasteiger partial charge on any atom is 0.255 e. The van der Waals surface area contributed by atoms with Crippen LogP contribution in [0.3, 0.4) is 0 Å². The van der Waals surface area contributed by atoms with Crippen LogP contribution in [0.25, 0.3) is 0 Å². The third-order valence-electron chi connectivity index (χ3n) is 2.72. The van der Waals surface area contributed by atoms with Crippen molar-refractivity contribution in [1.82, 2.24) is 0 Å². The molecule has 19 heavy (non-hydrogen) atoms. The van der Waals surface area contributed by atoms with Crippen molar-refractivity contribution in [2.24, 2.45) is 0 Å². The second-order valence-electron chi connectivity index (χ2n) is 4.12. The molecule has 0 fully saturated rings. The standard InChI is InChI=1S/C14H12F2N2O/c1-8-3-2-4-10(15)13(8)18-14(19)9-5-6-12(17)11(16)7-9/h2-7H,17H2,1H3,(H,18,19). The Morgan fingerprint density at radius 2 is 1.89 bits per heavy atom. The molecule has 0 saturated heterocycles. The van der Waals surface area contributed by atoms with Gasteiger partial charge in [-0.2, -0.15) is 0 Å². The third-order valence-corrected chi connectivity index (χ3v) is 2.72. The molecule has 0 aliphatic carbocycles. The van der Waals surface area contributed by atoms with Gasteiger partial charge in [-0.05, 0) is 36.8 Å². The van der Waals surface area contributed by atoms with Crippen molar-refractivity contribution in [1.29, 1.82) is 0 Å². The van der Waals surface area contributed by atoms with Crippen molar-refractivity contribution in [3.05, 3.63) is 59.2 Å². The zero-order valence-electron chi connectivity index (χ0n) is 10.2. The van der Waals surface area contributed by atoms with Crippen molar-refractivity contribution < 1.29 is 13.6 Å². The molecule has 2 rings (SSSR count). The van der Waals surface area contributed by atoms with Crippen LogP contribution < -0.4 is 11.1 Å². The number of hydrogen-bond donors (Lipinski definition) is 2. The van der Waals surface area contributed by atoms with E-state index in [0.29, 0.717) is 5.56 Å². The number of halogens is 2. The number of amides is 1. The number of rotatable bonds is 2. The SMILES string of the molecule is Cc1cccc(F)c1NC(=O)c1ccc(N)c(F)c1. The first-order valence-electron chi connectivity index (χ1n) is 5.60. The van der Waals surface area contributed by atoms with Gasteiger partial charge in [-0.1, -0.05) is 12.1 Å². The summed E-state index contributed by atoms with van der Waals surface area (Å²) in [6.45, 7) is 1.67. The number of para-hydroxylation sites is 1. The lowest BCUT2D eigenvalue weighted by Crippen LogP contribution is -2.14. The first-order valence-corrected chi connectivity index (χ1v) is 5.60. The molecule has 1 amide bonds. The summed E-state index contributed by atoms with van der Waals surface area (Å²) in [7, 11) is 0. The lowest BCUT2D eigenvalue weighted by atomic mass is 10.1. The van der Waals surface area contributed by atoms with E-state index in [1.807, 2.05) is 0 Å². The van der Waals surface area contributed by atoms with Crippen LogP contribution in [0.5, 0.6) is 0 Å². The van der Waals surface area contributed by atoms with E-state index in [1.165, 1.54) is 18.2 Å². The number of nitrogens with two attached hydrogens (primary N) is 1. The van der Waals surface area contributed by atoms with Crippen LogP contribution in [-0.4, -0.2) is 5.91 Å². The van der Waals surface area contributed by atoms with Gasteiger partial charge in [-0.3, -0.25) is 4.79 Å². The van der Waals surface area contributed by atoms with Gasteiger partial charge in [0.1, 0.15) is 11.6 Å². The van der Waals surface area contributed by atoms with Gasteiger partial charge in [0.05, 0.1) is 11.4 Å². The maximum absolute atomic E-state index is 13.6. The van der Waals surface area contributed by atoms with E-state index in [9.17, 15) is 13.6 Å². The van der Waals surface area contributed by atoms with Crippen LogP contribution >= 0.6 is 0 Å². The Kier molecular flexibility index (Phi) is 3.46. The molecule has 3 N–H and O–H groups in total. The average molecular weight is 262 g/mol. The Bertz CT molecular complexity index is 621. The Morgan fingerprint density at radius 3 is 2.53 bits per heavy atom. The highest BCUT2D eigenvalue weighted by molar-refractivity contribution is 6.04. The highest BCUT2D eigenvalue weighted by Gasteiger charge is 2.12. The zero-order valence-corrected chi connectivity index (χ0v) is 10.2. The monoisotopic (exact) mass is 262 g/mol. The molecule has 0 bridgehead atoms. The van der Waals surface area contributed by atoms with Gasteiger partial charge in [-0.15, -0.1) is 0 Å². The summed E-state index contributed by atoms with van der Waals surface area (Å²) in [4.78, 5) is 11.9. The Morgan fingerprint density at radius 1 is 1.16 bits per heavy atom. The largest absolute Gasteiger partial charge is 0.396 e. The smallest absolute Gasteiger partial charge is 0.255 e. The fraction of sp³-hybridized carbons (Fsp3) is 0.0714. The molecule has 0 aromatic heterocycles. The van der Waals surface area contributed by atoms with E-state index in [-0.39, 0.29) is 16.9 Å². The van der Waals surface area contributed by atoms with Crippen LogP contribution in [0.1, 0.15) is 15.9 Å². The first kappa shape index (κ1) is 13.0. The maximum atomic E-state index is 13.6. The zero-order chi connectivity index (χ0) is 14.0. The summed E-state index contributed by atoms with van der Waals surface area (Å²) >= 11 is 0.